The molecule has 3 rings (SSSR count). The van der Waals surface area contributed by atoms with Crippen molar-refractivity contribution in [3.8, 4) is 23.0 Å². The Kier molecular flexibility index (Phi) is 7.12. The van der Waals surface area contributed by atoms with Gasteiger partial charge in [-0.3, -0.25) is 4.98 Å². The Bertz CT molecular complexity index is 962. The van der Waals surface area contributed by atoms with Crippen molar-refractivity contribution in [2.75, 3.05) is 27.9 Å². The van der Waals surface area contributed by atoms with Gasteiger partial charge < -0.3 is 18.9 Å². The van der Waals surface area contributed by atoms with Crippen molar-refractivity contribution in [3.05, 3.63) is 60.4 Å². The summed E-state index contributed by atoms with van der Waals surface area (Å²) >= 11 is 0. The normalized spacial score (nSPS) is 10.1. The number of pyridine rings is 1. The van der Waals surface area contributed by atoms with Gasteiger partial charge in [0.05, 0.1) is 27.9 Å². The van der Waals surface area contributed by atoms with Gasteiger partial charge in [0.25, 0.3) is 0 Å². The van der Waals surface area contributed by atoms with Crippen LogP contribution in [0.5, 0.6) is 23.0 Å². The SMILES string of the molecule is C=C(c1cc(OC)c(OC)c(OC)c1)c1cncc2cc(OCC)ccc12.Cl. The van der Waals surface area contributed by atoms with Crippen LogP contribution in [0.4, 0.5) is 0 Å². The van der Waals surface area contributed by atoms with Crippen molar-refractivity contribution in [2.45, 2.75) is 6.92 Å². The van der Waals surface area contributed by atoms with Crippen LogP contribution in [0.3, 0.4) is 0 Å². The Balaban J connectivity index is 0.00000280. The summed E-state index contributed by atoms with van der Waals surface area (Å²) in [6, 6.07) is 9.74. The first-order chi connectivity index (χ1) is 13.1. The van der Waals surface area contributed by atoms with E-state index in [4.69, 9.17) is 18.9 Å². The fraction of sp³-hybridized carbons (Fsp3) is 0.227. The molecule has 28 heavy (non-hydrogen) atoms. The lowest BCUT2D eigenvalue weighted by molar-refractivity contribution is 0.324. The predicted molar refractivity (Wildman–Crippen MR) is 114 cm³/mol. The molecule has 0 fully saturated rings. The fourth-order valence-corrected chi connectivity index (χ4v) is 3.06. The van der Waals surface area contributed by atoms with Gasteiger partial charge in [-0.1, -0.05) is 6.58 Å². The molecule has 0 aliphatic heterocycles. The number of hydrogen-bond acceptors (Lipinski definition) is 5. The number of ether oxygens (including phenoxy) is 4. The van der Waals surface area contributed by atoms with Gasteiger partial charge in [0.15, 0.2) is 11.5 Å². The molecule has 5 nitrogen and oxygen atoms in total. The summed E-state index contributed by atoms with van der Waals surface area (Å²) in [5.41, 5.74) is 2.62. The zero-order chi connectivity index (χ0) is 19.4. The summed E-state index contributed by atoms with van der Waals surface area (Å²) in [7, 11) is 4.77. The van der Waals surface area contributed by atoms with E-state index in [0.717, 1.165) is 33.2 Å². The highest BCUT2D eigenvalue weighted by Crippen LogP contribution is 2.41. The molecule has 2 aromatic carbocycles. The summed E-state index contributed by atoms with van der Waals surface area (Å²) < 4.78 is 21.9. The molecule has 0 N–H and O–H groups in total. The standard InChI is InChI=1S/C22H23NO4.ClH/c1-6-27-17-7-8-18-16(9-17)12-23-13-19(18)14(2)15-10-20(24-3)22(26-5)21(11-15)25-4;/h7-13H,2,6H2,1,3-5H3;1H. The zero-order valence-electron chi connectivity index (χ0n) is 16.4. The Morgan fingerprint density at radius 2 is 1.64 bits per heavy atom. The number of rotatable bonds is 7. The van der Waals surface area contributed by atoms with Crippen molar-refractivity contribution in [1.82, 2.24) is 4.98 Å². The monoisotopic (exact) mass is 401 g/mol. The third-order valence-corrected chi connectivity index (χ3v) is 4.38. The molecule has 0 aliphatic carbocycles. The van der Waals surface area contributed by atoms with E-state index < -0.39 is 0 Å². The van der Waals surface area contributed by atoms with Crippen molar-refractivity contribution in [1.29, 1.82) is 0 Å². The first kappa shape index (κ1) is 21.4. The van der Waals surface area contributed by atoms with Gasteiger partial charge in [0, 0.05) is 23.3 Å². The second kappa shape index (κ2) is 9.33. The summed E-state index contributed by atoms with van der Waals surface area (Å²) in [4.78, 5) is 4.38. The van der Waals surface area contributed by atoms with E-state index in [9.17, 15) is 0 Å². The predicted octanol–water partition coefficient (Wildman–Crippen LogP) is 5.14. The number of benzene rings is 2. The molecule has 0 amide bonds. The van der Waals surface area contributed by atoms with Gasteiger partial charge >= 0.3 is 0 Å². The quantitative estimate of drug-likeness (QED) is 0.548. The Morgan fingerprint density at radius 1 is 0.964 bits per heavy atom. The smallest absolute Gasteiger partial charge is 0.203 e. The van der Waals surface area contributed by atoms with Crippen LogP contribution in [0.2, 0.25) is 0 Å². The highest BCUT2D eigenvalue weighted by Gasteiger charge is 2.16. The van der Waals surface area contributed by atoms with Crippen molar-refractivity contribution in [3.63, 3.8) is 0 Å². The minimum atomic E-state index is 0. The lowest BCUT2D eigenvalue weighted by Crippen LogP contribution is -1.98. The van der Waals surface area contributed by atoms with E-state index in [-0.39, 0.29) is 12.4 Å². The average Bonchev–Trinajstić information content (AvgIpc) is 2.71. The fourth-order valence-electron chi connectivity index (χ4n) is 3.06. The van der Waals surface area contributed by atoms with Crippen LogP contribution in [0.15, 0.2) is 49.3 Å². The molecule has 0 radical (unpaired) electrons. The van der Waals surface area contributed by atoms with Gasteiger partial charge in [0.2, 0.25) is 5.75 Å². The lowest BCUT2D eigenvalue weighted by atomic mass is 9.96. The van der Waals surface area contributed by atoms with Crippen LogP contribution in [0, 0.1) is 0 Å². The molecular weight excluding hydrogens is 378 g/mol. The van der Waals surface area contributed by atoms with Crippen LogP contribution in [-0.4, -0.2) is 32.9 Å². The van der Waals surface area contributed by atoms with Crippen molar-refractivity contribution in [2.24, 2.45) is 0 Å². The number of methoxy groups -OCH3 is 3. The number of hydrogen-bond donors (Lipinski definition) is 0. The second-order valence-corrected chi connectivity index (χ2v) is 5.90. The molecule has 0 unspecified atom stereocenters. The van der Waals surface area contributed by atoms with Gasteiger partial charge in [-0.25, -0.2) is 0 Å². The molecule has 0 saturated carbocycles. The van der Waals surface area contributed by atoms with Crippen LogP contribution in [0.25, 0.3) is 16.3 Å². The number of fused-ring (bicyclic) bond motifs is 1. The van der Waals surface area contributed by atoms with Crippen LogP contribution < -0.4 is 18.9 Å². The van der Waals surface area contributed by atoms with Gasteiger partial charge in [-0.2, -0.15) is 0 Å². The van der Waals surface area contributed by atoms with Crippen molar-refractivity contribution < 1.29 is 18.9 Å². The maximum Gasteiger partial charge on any atom is 0.203 e. The molecule has 0 bridgehead atoms. The Labute approximate surface area is 171 Å². The largest absolute Gasteiger partial charge is 0.494 e. The summed E-state index contributed by atoms with van der Waals surface area (Å²) in [6.45, 7) is 6.87. The second-order valence-electron chi connectivity index (χ2n) is 5.90. The topological polar surface area (TPSA) is 49.8 Å². The minimum absolute atomic E-state index is 0. The summed E-state index contributed by atoms with van der Waals surface area (Å²) in [6.07, 6.45) is 3.64. The highest BCUT2D eigenvalue weighted by atomic mass is 35.5. The molecule has 1 aromatic heterocycles. The van der Waals surface area contributed by atoms with Gasteiger partial charge in [-0.05, 0) is 53.8 Å². The van der Waals surface area contributed by atoms with Crippen LogP contribution in [0.1, 0.15) is 18.1 Å². The molecule has 0 atom stereocenters. The van der Waals surface area contributed by atoms with E-state index in [1.807, 2.05) is 49.6 Å². The Hall–Kier alpha value is -2.92. The minimum Gasteiger partial charge on any atom is -0.494 e. The number of aromatic nitrogens is 1. The summed E-state index contributed by atoms with van der Waals surface area (Å²) in [5, 5.41) is 2.04. The summed E-state index contributed by atoms with van der Waals surface area (Å²) in [5.74, 6) is 2.54. The molecule has 0 saturated heterocycles. The maximum atomic E-state index is 5.59. The van der Waals surface area contributed by atoms with E-state index in [0.29, 0.717) is 23.9 Å². The van der Waals surface area contributed by atoms with Crippen LogP contribution in [-0.2, 0) is 0 Å². The third-order valence-electron chi connectivity index (χ3n) is 4.38. The molecule has 3 aromatic rings. The first-order valence-electron chi connectivity index (χ1n) is 8.63. The lowest BCUT2D eigenvalue weighted by Gasteiger charge is -2.16. The molecular formula is C22H24ClNO4. The molecule has 148 valence electrons. The molecule has 6 heteroatoms. The van der Waals surface area contributed by atoms with Gasteiger partial charge in [0.1, 0.15) is 5.75 Å². The molecule has 0 spiro atoms. The van der Waals surface area contributed by atoms with E-state index in [1.54, 1.807) is 21.3 Å². The van der Waals surface area contributed by atoms with Crippen molar-refractivity contribution >= 4 is 28.8 Å². The molecule has 0 aliphatic rings. The third kappa shape index (κ3) is 3.99. The highest BCUT2D eigenvalue weighted by molar-refractivity contribution is 5.97. The van der Waals surface area contributed by atoms with Crippen LogP contribution >= 0.6 is 12.4 Å². The zero-order valence-corrected chi connectivity index (χ0v) is 17.3. The number of halogens is 1. The average molecular weight is 402 g/mol. The molecule has 1 heterocycles. The van der Waals surface area contributed by atoms with E-state index in [2.05, 4.69) is 11.6 Å². The first-order valence-corrected chi connectivity index (χ1v) is 8.63. The maximum absolute atomic E-state index is 5.59. The Morgan fingerprint density at radius 3 is 2.21 bits per heavy atom. The van der Waals surface area contributed by atoms with Gasteiger partial charge in [-0.15, -0.1) is 12.4 Å². The van der Waals surface area contributed by atoms with E-state index in [1.165, 1.54) is 0 Å². The van der Waals surface area contributed by atoms with E-state index >= 15 is 0 Å². The number of nitrogens with zero attached hydrogens (tertiary/aromatic N) is 1.